The standard InChI is InChI=1S/2C10H16O3S/c2*1-3-5-9-7-10(6-4-2)13-14(11,12)8-9/h2*7-8H,3-6H2,1-2H3. The first-order chi connectivity index (χ1) is 13.1. The van der Waals surface area contributed by atoms with E-state index in [0.717, 1.165) is 49.7 Å². The molecule has 0 aromatic rings. The van der Waals surface area contributed by atoms with Gasteiger partial charge in [0.2, 0.25) is 0 Å². The largest absolute Gasteiger partial charge is 0.384 e. The summed E-state index contributed by atoms with van der Waals surface area (Å²) in [6.45, 7) is 8.04. The highest BCUT2D eigenvalue weighted by Crippen LogP contribution is 2.24. The third kappa shape index (κ3) is 9.10. The van der Waals surface area contributed by atoms with Gasteiger partial charge in [-0.2, -0.15) is 16.8 Å². The summed E-state index contributed by atoms with van der Waals surface area (Å²) in [7, 11) is -6.91. The topological polar surface area (TPSA) is 86.7 Å². The molecule has 0 amide bonds. The van der Waals surface area contributed by atoms with Crippen LogP contribution < -0.4 is 0 Å². The maximum atomic E-state index is 11.3. The van der Waals surface area contributed by atoms with Crippen molar-refractivity contribution in [3.8, 4) is 0 Å². The average Bonchev–Trinajstić information content (AvgIpc) is 2.53. The molecule has 0 radical (unpaired) electrons. The van der Waals surface area contributed by atoms with E-state index in [1.54, 1.807) is 0 Å². The molecule has 0 aromatic carbocycles. The predicted octanol–water partition coefficient (Wildman–Crippen LogP) is 5.43. The molecule has 0 spiro atoms. The molecule has 2 rings (SSSR count). The van der Waals surface area contributed by atoms with Gasteiger partial charge in [-0.3, -0.25) is 0 Å². The SMILES string of the molecule is CCCC1=CS(=O)(=O)OC(CCC)=C1.CCCC1=CS(=O)(=O)OC(CCC)=C1. The molecule has 0 unspecified atom stereocenters. The molecule has 2 aliphatic rings. The minimum absolute atomic E-state index is 0.568. The first-order valence-corrected chi connectivity index (χ1v) is 12.8. The summed E-state index contributed by atoms with van der Waals surface area (Å²) >= 11 is 0. The van der Waals surface area contributed by atoms with Gasteiger partial charge in [-0.15, -0.1) is 0 Å². The van der Waals surface area contributed by atoms with Crippen LogP contribution in [0.3, 0.4) is 0 Å². The minimum atomic E-state index is -3.46. The molecule has 6 nitrogen and oxygen atoms in total. The van der Waals surface area contributed by atoms with Gasteiger partial charge < -0.3 is 8.37 Å². The lowest BCUT2D eigenvalue weighted by molar-refractivity contribution is 0.391. The Balaban J connectivity index is 0.000000280. The van der Waals surface area contributed by atoms with Crippen molar-refractivity contribution in [2.45, 2.75) is 79.1 Å². The van der Waals surface area contributed by atoms with Gasteiger partial charge in [-0.25, -0.2) is 0 Å². The number of allylic oxidation sites excluding steroid dienone is 6. The molecule has 0 aliphatic carbocycles. The lowest BCUT2D eigenvalue weighted by Gasteiger charge is -2.14. The molecule has 0 N–H and O–H groups in total. The highest BCUT2D eigenvalue weighted by atomic mass is 32.2. The zero-order valence-corrected chi connectivity index (χ0v) is 18.9. The highest BCUT2D eigenvalue weighted by molar-refractivity contribution is 7.90. The molecule has 2 aliphatic heterocycles. The molecule has 0 saturated heterocycles. The normalized spacial score (nSPS) is 19.6. The smallest absolute Gasteiger partial charge is 0.332 e. The van der Waals surface area contributed by atoms with E-state index in [0.29, 0.717) is 24.4 Å². The Bertz CT molecular complexity index is 771. The summed E-state index contributed by atoms with van der Waals surface area (Å²) in [5.41, 5.74) is 1.70. The Morgan fingerprint density at radius 3 is 1.21 bits per heavy atom. The average molecular weight is 433 g/mol. The lowest BCUT2D eigenvalue weighted by atomic mass is 10.1. The van der Waals surface area contributed by atoms with E-state index >= 15 is 0 Å². The first-order valence-electron chi connectivity index (χ1n) is 9.85. The van der Waals surface area contributed by atoms with Crippen molar-refractivity contribution < 1.29 is 25.2 Å². The van der Waals surface area contributed by atoms with E-state index in [2.05, 4.69) is 0 Å². The quantitative estimate of drug-likeness (QED) is 0.475. The summed E-state index contributed by atoms with van der Waals surface area (Å²) in [5, 5.41) is 2.44. The van der Waals surface area contributed by atoms with E-state index in [1.807, 2.05) is 39.8 Å². The molecule has 0 bridgehead atoms. The van der Waals surface area contributed by atoms with Gasteiger partial charge >= 0.3 is 20.2 Å². The fraction of sp³-hybridized carbons (Fsp3) is 0.600. The zero-order chi connectivity index (χ0) is 21.2. The van der Waals surface area contributed by atoms with Gasteiger partial charge in [-0.05, 0) is 49.0 Å². The van der Waals surface area contributed by atoms with Crippen LogP contribution in [0.4, 0.5) is 0 Å². The maximum Gasteiger partial charge on any atom is 0.332 e. The second-order valence-electron chi connectivity index (χ2n) is 6.76. The molecule has 0 atom stereocenters. The van der Waals surface area contributed by atoms with Gasteiger partial charge in [-0.1, -0.05) is 40.5 Å². The third-order valence-electron chi connectivity index (χ3n) is 3.80. The van der Waals surface area contributed by atoms with Crippen LogP contribution in [0.15, 0.2) is 45.6 Å². The van der Waals surface area contributed by atoms with Crippen LogP contribution in [0.5, 0.6) is 0 Å². The van der Waals surface area contributed by atoms with Crippen molar-refractivity contribution in [2.24, 2.45) is 0 Å². The van der Waals surface area contributed by atoms with E-state index in [1.165, 1.54) is 10.8 Å². The van der Waals surface area contributed by atoms with Crippen LogP contribution in [0.1, 0.15) is 79.1 Å². The maximum absolute atomic E-state index is 11.3. The van der Waals surface area contributed by atoms with Crippen LogP contribution in [-0.2, 0) is 28.6 Å². The Morgan fingerprint density at radius 2 is 0.929 bits per heavy atom. The summed E-state index contributed by atoms with van der Waals surface area (Å²) in [5.74, 6) is 1.14. The second-order valence-corrected chi connectivity index (χ2v) is 9.54. The summed E-state index contributed by atoms with van der Waals surface area (Å²) in [6.07, 6.45) is 10.3. The van der Waals surface area contributed by atoms with Gasteiger partial charge in [0.25, 0.3) is 0 Å². The van der Waals surface area contributed by atoms with E-state index in [9.17, 15) is 16.8 Å². The van der Waals surface area contributed by atoms with Crippen molar-refractivity contribution in [3.05, 3.63) is 45.6 Å². The van der Waals surface area contributed by atoms with Crippen molar-refractivity contribution >= 4 is 20.2 Å². The monoisotopic (exact) mass is 432 g/mol. The van der Waals surface area contributed by atoms with E-state index in [-0.39, 0.29) is 0 Å². The molecule has 160 valence electrons. The first kappa shape index (κ1) is 24.5. The number of hydrogen-bond acceptors (Lipinski definition) is 6. The fourth-order valence-corrected chi connectivity index (χ4v) is 4.88. The van der Waals surface area contributed by atoms with Crippen LogP contribution in [-0.4, -0.2) is 16.8 Å². The van der Waals surface area contributed by atoms with Crippen LogP contribution in [0.25, 0.3) is 0 Å². The minimum Gasteiger partial charge on any atom is -0.384 e. The summed E-state index contributed by atoms with van der Waals surface area (Å²) < 4.78 is 54.8. The molecule has 0 saturated carbocycles. The third-order valence-corrected chi connectivity index (χ3v) is 5.88. The van der Waals surface area contributed by atoms with Crippen LogP contribution in [0, 0.1) is 0 Å². The fourth-order valence-electron chi connectivity index (χ4n) is 2.81. The van der Waals surface area contributed by atoms with Gasteiger partial charge in [0.1, 0.15) is 11.5 Å². The van der Waals surface area contributed by atoms with Crippen molar-refractivity contribution in [3.63, 3.8) is 0 Å². The summed E-state index contributed by atoms with van der Waals surface area (Å²) in [4.78, 5) is 0. The zero-order valence-electron chi connectivity index (χ0n) is 17.2. The molecule has 2 heterocycles. The van der Waals surface area contributed by atoms with Gasteiger partial charge in [0, 0.05) is 12.8 Å². The molecule has 0 fully saturated rings. The van der Waals surface area contributed by atoms with E-state index in [4.69, 9.17) is 8.37 Å². The second kappa shape index (κ2) is 11.5. The van der Waals surface area contributed by atoms with Crippen LogP contribution in [0.2, 0.25) is 0 Å². The van der Waals surface area contributed by atoms with Crippen molar-refractivity contribution in [1.29, 1.82) is 0 Å². The Morgan fingerprint density at radius 1 is 0.607 bits per heavy atom. The Labute approximate surface area is 170 Å². The molecular weight excluding hydrogens is 400 g/mol. The molecule has 0 aromatic heterocycles. The number of hydrogen-bond donors (Lipinski definition) is 0. The summed E-state index contributed by atoms with van der Waals surface area (Å²) in [6, 6.07) is 0. The van der Waals surface area contributed by atoms with Crippen LogP contribution >= 0.6 is 0 Å². The van der Waals surface area contributed by atoms with E-state index < -0.39 is 20.2 Å². The Hall–Kier alpha value is -1.54. The lowest BCUT2D eigenvalue weighted by Crippen LogP contribution is -2.08. The highest BCUT2D eigenvalue weighted by Gasteiger charge is 2.18. The van der Waals surface area contributed by atoms with Crippen molar-refractivity contribution in [2.75, 3.05) is 0 Å². The van der Waals surface area contributed by atoms with Gasteiger partial charge in [0.15, 0.2) is 0 Å². The van der Waals surface area contributed by atoms with Gasteiger partial charge in [0.05, 0.1) is 10.8 Å². The Kier molecular flexibility index (Phi) is 10.0. The molecule has 28 heavy (non-hydrogen) atoms. The molecule has 8 heteroatoms. The molecular formula is C20H32O6S2. The predicted molar refractivity (Wildman–Crippen MR) is 112 cm³/mol. The van der Waals surface area contributed by atoms with Crippen molar-refractivity contribution in [1.82, 2.24) is 0 Å². The number of rotatable bonds is 8.